The lowest BCUT2D eigenvalue weighted by molar-refractivity contribution is 0.317. The molecule has 0 aliphatic heterocycles. The zero-order valence-electron chi connectivity index (χ0n) is 13.2. The lowest BCUT2D eigenvalue weighted by Gasteiger charge is -2.11. The van der Waals surface area contributed by atoms with Crippen molar-refractivity contribution in [2.24, 2.45) is 0 Å². The summed E-state index contributed by atoms with van der Waals surface area (Å²) in [5, 5.41) is 19.7. The van der Waals surface area contributed by atoms with E-state index in [1.807, 2.05) is 31.2 Å². The number of rotatable bonds is 4. The summed E-state index contributed by atoms with van der Waals surface area (Å²) in [4.78, 5) is 7.60. The fourth-order valence-electron chi connectivity index (χ4n) is 2.37. The highest BCUT2D eigenvalue weighted by atomic mass is 79.9. The minimum absolute atomic E-state index is 0.00752. The van der Waals surface area contributed by atoms with Gasteiger partial charge in [0.15, 0.2) is 11.5 Å². The van der Waals surface area contributed by atoms with Crippen molar-refractivity contribution in [2.75, 3.05) is 6.61 Å². The number of aromatic hydroxyl groups is 1. The molecule has 0 unspecified atom stereocenters. The van der Waals surface area contributed by atoms with Gasteiger partial charge in [-0.3, -0.25) is 0 Å². The van der Waals surface area contributed by atoms with E-state index in [-0.39, 0.29) is 5.75 Å². The van der Waals surface area contributed by atoms with E-state index in [9.17, 15) is 10.4 Å². The Kier molecular flexibility index (Phi) is 5.11. The van der Waals surface area contributed by atoms with Gasteiger partial charge in [-0.2, -0.15) is 5.26 Å². The first-order valence-electron chi connectivity index (χ1n) is 7.45. The molecule has 2 aromatic carbocycles. The molecule has 3 rings (SSSR count). The number of aromatic nitrogens is 2. The molecule has 0 atom stereocenters. The monoisotopic (exact) mass is 461 g/mol. The highest BCUT2D eigenvalue weighted by Crippen LogP contribution is 2.42. The molecular formula is C18H13Br2N3O2. The fourth-order valence-corrected chi connectivity index (χ4v) is 3.21. The standard InChI is InChI=1S/C18H13Br2N3O2/c1-2-25-14-8-10(15(19)16(20)17(14)24)7-11(9-21)18-22-12-5-3-4-6-13(12)23-18/h3-8,24H,2H2,1H3,(H,22,23). The number of benzene rings is 2. The van der Waals surface area contributed by atoms with Crippen molar-refractivity contribution >= 4 is 54.5 Å². The third-order valence-corrected chi connectivity index (χ3v) is 5.70. The molecule has 7 heteroatoms. The quantitative estimate of drug-likeness (QED) is 0.518. The molecule has 0 amide bonds. The van der Waals surface area contributed by atoms with Gasteiger partial charge in [0.2, 0.25) is 0 Å². The summed E-state index contributed by atoms with van der Waals surface area (Å²) in [5.74, 6) is 0.830. The number of para-hydroxylation sites is 2. The van der Waals surface area contributed by atoms with Crippen LogP contribution in [0.5, 0.6) is 11.5 Å². The summed E-state index contributed by atoms with van der Waals surface area (Å²) >= 11 is 6.77. The zero-order valence-corrected chi connectivity index (χ0v) is 16.3. The van der Waals surface area contributed by atoms with Crippen molar-refractivity contribution in [1.29, 1.82) is 5.26 Å². The van der Waals surface area contributed by atoms with Gasteiger partial charge in [0.05, 0.1) is 27.7 Å². The molecule has 25 heavy (non-hydrogen) atoms. The number of phenolic OH excluding ortho intramolecular Hbond substituents is 1. The molecule has 0 spiro atoms. The summed E-state index contributed by atoms with van der Waals surface area (Å²) in [7, 11) is 0. The average Bonchev–Trinajstić information content (AvgIpc) is 3.05. The number of halogens is 2. The van der Waals surface area contributed by atoms with E-state index < -0.39 is 0 Å². The average molecular weight is 463 g/mol. The van der Waals surface area contributed by atoms with Crippen LogP contribution in [0, 0.1) is 11.3 Å². The number of hydrogen-bond acceptors (Lipinski definition) is 4. The third-order valence-electron chi connectivity index (χ3n) is 3.54. The SMILES string of the molecule is CCOc1cc(C=C(C#N)c2nc3ccccc3[nH]2)c(Br)c(Br)c1O. The van der Waals surface area contributed by atoms with Gasteiger partial charge in [0, 0.05) is 4.47 Å². The number of nitriles is 1. The van der Waals surface area contributed by atoms with Crippen LogP contribution in [-0.2, 0) is 0 Å². The molecule has 5 nitrogen and oxygen atoms in total. The highest BCUT2D eigenvalue weighted by molar-refractivity contribution is 9.13. The lowest BCUT2D eigenvalue weighted by atomic mass is 10.1. The van der Waals surface area contributed by atoms with Crippen LogP contribution in [0.15, 0.2) is 39.3 Å². The Morgan fingerprint density at radius 1 is 1.36 bits per heavy atom. The Morgan fingerprint density at radius 3 is 2.80 bits per heavy atom. The summed E-state index contributed by atoms with van der Waals surface area (Å²) in [6.45, 7) is 2.25. The van der Waals surface area contributed by atoms with Crippen LogP contribution in [-0.4, -0.2) is 21.7 Å². The predicted molar refractivity (Wildman–Crippen MR) is 104 cm³/mol. The Hall–Kier alpha value is -2.30. The predicted octanol–water partition coefficient (Wildman–Crippen LogP) is 5.26. The lowest BCUT2D eigenvalue weighted by Crippen LogP contribution is -1.94. The number of H-pyrrole nitrogens is 1. The molecule has 1 aromatic heterocycles. The van der Waals surface area contributed by atoms with Gasteiger partial charge in [-0.05, 0) is 68.6 Å². The molecule has 0 bridgehead atoms. The smallest absolute Gasteiger partial charge is 0.173 e. The summed E-state index contributed by atoms with van der Waals surface area (Å²) in [5.41, 5.74) is 2.71. The fraction of sp³-hybridized carbons (Fsp3) is 0.111. The number of aromatic amines is 1. The molecule has 126 valence electrons. The van der Waals surface area contributed by atoms with E-state index >= 15 is 0 Å². The van der Waals surface area contributed by atoms with Gasteiger partial charge in [0.1, 0.15) is 11.9 Å². The van der Waals surface area contributed by atoms with Crippen LogP contribution in [0.1, 0.15) is 18.3 Å². The summed E-state index contributed by atoms with van der Waals surface area (Å²) in [6, 6.07) is 11.4. The summed E-state index contributed by atoms with van der Waals surface area (Å²) < 4.78 is 6.53. The van der Waals surface area contributed by atoms with Crippen molar-refractivity contribution in [3.05, 3.63) is 50.7 Å². The number of phenols is 1. The molecule has 2 N–H and O–H groups in total. The van der Waals surface area contributed by atoms with Crippen LogP contribution in [0.2, 0.25) is 0 Å². The van der Waals surface area contributed by atoms with Gasteiger partial charge < -0.3 is 14.8 Å². The molecule has 0 radical (unpaired) electrons. The second-order valence-electron chi connectivity index (χ2n) is 5.15. The van der Waals surface area contributed by atoms with Crippen molar-refractivity contribution in [2.45, 2.75) is 6.92 Å². The second kappa shape index (κ2) is 7.30. The maximum atomic E-state index is 10.1. The highest BCUT2D eigenvalue weighted by Gasteiger charge is 2.16. The van der Waals surface area contributed by atoms with Crippen LogP contribution in [0.4, 0.5) is 0 Å². The van der Waals surface area contributed by atoms with Gasteiger partial charge in [-0.15, -0.1) is 0 Å². The van der Waals surface area contributed by atoms with E-state index in [1.54, 1.807) is 12.1 Å². The van der Waals surface area contributed by atoms with E-state index in [1.165, 1.54) is 0 Å². The molecule has 0 fully saturated rings. The van der Waals surface area contributed by atoms with Gasteiger partial charge >= 0.3 is 0 Å². The summed E-state index contributed by atoms with van der Waals surface area (Å²) in [6.07, 6.45) is 1.69. The van der Waals surface area contributed by atoms with E-state index in [0.717, 1.165) is 11.0 Å². The maximum Gasteiger partial charge on any atom is 0.173 e. The molecular weight excluding hydrogens is 450 g/mol. The Balaban J connectivity index is 2.12. The van der Waals surface area contributed by atoms with Gasteiger partial charge in [-0.1, -0.05) is 12.1 Å². The van der Waals surface area contributed by atoms with Crippen molar-refractivity contribution < 1.29 is 9.84 Å². The number of allylic oxidation sites excluding steroid dienone is 1. The topological polar surface area (TPSA) is 81.9 Å². The Labute approximate surface area is 161 Å². The molecule has 0 aliphatic carbocycles. The number of hydrogen-bond donors (Lipinski definition) is 2. The number of nitrogens with one attached hydrogen (secondary N) is 1. The molecule has 0 saturated carbocycles. The maximum absolute atomic E-state index is 10.1. The van der Waals surface area contributed by atoms with Crippen molar-refractivity contribution in [3.8, 4) is 17.6 Å². The largest absolute Gasteiger partial charge is 0.503 e. The second-order valence-corrected chi connectivity index (χ2v) is 6.73. The van der Waals surface area contributed by atoms with Crippen LogP contribution >= 0.6 is 31.9 Å². The number of imidazole rings is 1. The third kappa shape index (κ3) is 3.41. The van der Waals surface area contributed by atoms with E-state index in [4.69, 9.17) is 4.74 Å². The van der Waals surface area contributed by atoms with Crippen molar-refractivity contribution in [3.63, 3.8) is 0 Å². The number of ether oxygens (including phenoxy) is 1. The van der Waals surface area contributed by atoms with Crippen LogP contribution < -0.4 is 4.74 Å². The van der Waals surface area contributed by atoms with Gasteiger partial charge in [0.25, 0.3) is 0 Å². The van der Waals surface area contributed by atoms with Crippen molar-refractivity contribution in [1.82, 2.24) is 9.97 Å². The Morgan fingerprint density at radius 2 is 2.12 bits per heavy atom. The van der Waals surface area contributed by atoms with E-state index in [0.29, 0.717) is 38.3 Å². The van der Waals surface area contributed by atoms with Gasteiger partial charge in [-0.25, -0.2) is 4.98 Å². The first-order valence-corrected chi connectivity index (χ1v) is 9.04. The number of nitrogens with zero attached hydrogens (tertiary/aromatic N) is 2. The van der Waals surface area contributed by atoms with Crippen LogP contribution in [0.25, 0.3) is 22.7 Å². The minimum Gasteiger partial charge on any atom is -0.503 e. The normalized spacial score (nSPS) is 11.5. The molecule has 0 aliphatic rings. The van der Waals surface area contributed by atoms with E-state index in [2.05, 4.69) is 47.9 Å². The Bertz CT molecular complexity index is 986. The first kappa shape index (κ1) is 17.5. The zero-order chi connectivity index (χ0) is 18.0. The minimum atomic E-state index is 0.00752. The molecule has 1 heterocycles. The van der Waals surface area contributed by atoms with Crippen LogP contribution in [0.3, 0.4) is 0 Å². The molecule has 0 saturated heterocycles. The molecule has 3 aromatic rings. The first-order chi connectivity index (χ1) is 12.0. The number of fused-ring (bicyclic) bond motifs is 1.